The van der Waals surface area contributed by atoms with E-state index in [2.05, 4.69) is 28.6 Å². The minimum absolute atomic E-state index is 0.0232. The van der Waals surface area contributed by atoms with Crippen molar-refractivity contribution < 1.29 is 4.79 Å². The summed E-state index contributed by atoms with van der Waals surface area (Å²) in [5.41, 5.74) is 10.9. The number of aromatic nitrogens is 2. The normalized spacial score (nSPS) is 16.2. The molecule has 5 nitrogen and oxygen atoms in total. The number of carbonyl (C=O) groups is 1. The van der Waals surface area contributed by atoms with Crippen LogP contribution in [0.15, 0.2) is 24.3 Å². The maximum atomic E-state index is 12.0. The largest absolute Gasteiger partial charge is 0.396 e. The van der Waals surface area contributed by atoms with Gasteiger partial charge in [0, 0.05) is 12.5 Å². The molecule has 1 unspecified atom stereocenters. The average molecular weight is 284 g/mol. The Morgan fingerprint density at radius 3 is 2.86 bits per heavy atom. The summed E-state index contributed by atoms with van der Waals surface area (Å²) in [6, 6.07) is 8.38. The monoisotopic (exact) mass is 284 g/mol. The second-order valence-corrected chi connectivity index (χ2v) is 5.65. The highest BCUT2D eigenvalue weighted by Crippen LogP contribution is 2.33. The Hall–Kier alpha value is -2.30. The molecule has 1 aliphatic rings. The van der Waals surface area contributed by atoms with E-state index in [1.165, 1.54) is 11.1 Å². The van der Waals surface area contributed by atoms with Gasteiger partial charge in [0.25, 0.3) is 0 Å². The highest BCUT2D eigenvalue weighted by atomic mass is 16.2. The Bertz CT molecular complexity index is 690. The van der Waals surface area contributed by atoms with E-state index in [0.717, 1.165) is 17.8 Å². The van der Waals surface area contributed by atoms with Crippen LogP contribution in [-0.4, -0.2) is 22.2 Å². The lowest BCUT2D eigenvalue weighted by molar-refractivity contribution is -0.121. The Labute approximate surface area is 124 Å². The van der Waals surface area contributed by atoms with Gasteiger partial charge in [0.15, 0.2) is 0 Å². The molecule has 0 radical (unpaired) electrons. The van der Waals surface area contributed by atoms with Crippen LogP contribution in [0.25, 0.3) is 0 Å². The first kappa shape index (κ1) is 13.7. The topological polar surface area (TPSA) is 72.9 Å². The number of nitrogen functional groups attached to an aromatic ring is 1. The third-order valence-corrected chi connectivity index (χ3v) is 4.24. The first-order valence-electron chi connectivity index (χ1n) is 7.20. The van der Waals surface area contributed by atoms with Crippen molar-refractivity contribution in [3.8, 4) is 0 Å². The van der Waals surface area contributed by atoms with E-state index < -0.39 is 0 Å². The van der Waals surface area contributed by atoms with E-state index in [9.17, 15) is 4.79 Å². The predicted molar refractivity (Wildman–Crippen MR) is 82.0 cm³/mol. The zero-order chi connectivity index (χ0) is 15.0. The molecule has 0 saturated heterocycles. The average Bonchev–Trinajstić information content (AvgIpc) is 2.67. The van der Waals surface area contributed by atoms with E-state index in [-0.39, 0.29) is 12.5 Å². The third kappa shape index (κ3) is 2.51. The molecule has 1 atom stereocenters. The van der Waals surface area contributed by atoms with Gasteiger partial charge in [-0.25, -0.2) is 0 Å². The molecule has 0 saturated carbocycles. The molecule has 0 aliphatic heterocycles. The summed E-state index contributed by atoms with van der Waals surface area (Å²) < 4.78 is 1.66. The zero-order valence-electron chi connectivity index (χ0n) is 12.4. The number of aryl methyl sites for hydroxylation is 1. The van der Waals surface area contributed by atoms with Crippen LogP contribution >= 0.6 is 0 Å². The van der Waals surface area contributed by atoms with E-state index in [1.807, 2.05) is 19.9 Å². The van der Waals surface area contributed by atoms with E-state index in [0.29, 0.717) is 18.2 Å². The standard InChI is InChI=1S/C16H20N4O/c1-10-16(17)11(2)20(19-10)9-15(21)18-8-13-7-12-5-3-4-6-14(12)13/h3-6,13H,7-9,17H2,1-2H3,(H,18,21). The first-order valence-corrected chi connectivity index (χ1v) is 7.20. The minimum atomic E-state index is -0.0232. The van der Waals surface area contributed by atoms with E-state index in [1.54, 1.807) is 4.68 Å². The van der Waals surface area contributed by atoms with Crippen LogP contribution in [0.3, 0.4) is 0 Å². The summed E-state index contributed by atoms with van der Waals surface area (Å²) in [5, 5.41) is 7.27. The van der Waals surface area contributed by atoms with Gasteiger partial charge in [-0.1, -0.05) is 24.3 Å². The number of nitrogens with two attached hydrogens (primary N) is 1. The van der Waals surface area contributed by atoms with Gasteiger partial charge in [-0.15, -0.1) is 0 Å². The van der Waals surface area contributed by atoms with E-state index in [4.69, 9.17) is 5.73 Å². The lowest BCUT2D eigenvalue weighted by atomic mass is 9.77. The molecule has 1 aromatic heterocycles. The summed E-state index contributed by atoms with van der Waals surface area (Å²) in [4.78, 5) is 12.0. The van der Waals surface area contributed by atoms with Gasteiger partial charge in [0.05, 0.1) is 17.1 Å². The summed E-state index contributed by atoms with van der Waals surface area (Å²) in [6.45, 7) is 4.63. The smallest absolute Gasteiger partial charge is 0.241 e. The fourth-order valence-corrected chi connectivity index (χ4v) is 2.84. The lowest BCUT2D eigenvalue weighted by Gasteiger charge is -2.30. The molecular formula is C16H20N4O. The molecule has 2 aromatic rings. The van der Waals surface area contributed by atoms with Crippen molar-refractivity contribution in [3.63, 3.8) is 0 Å². The van der Waals surface area contributed by atoms with Crippen molar-refractivity contribution >= 4 is 11.6 Å². The van der Waals surface area contributed by atoms with Gasteiger partial charge in [0.1, 0.15) is 6.54 Å². The molecule has 1 heterocycles. The second kappa shape index (κ2) is 5.24. The number of anilines is 1. The number of fused-ring (bicyclic) bond motifs is 1. The lowest BCUT2D eigenvalue weighted by Crippen LogP contribution is -2.35. The SMILES string of the molecule is Cc1nn(CC(=O)NCC2Cc3ccccc32)c(C)c1N. The molecule has 21 heavy (non-hydrogen) atoms. The van der Waals surface area contributed by atoms with Gasteiger partial charge >= 0.3 is 0 Å². The Kier molecular flexibility index (Phi) is 3.41. The van der Waals surface area contributed by atoms with Gasteiger partial charge in [-0.05, 0) is 31.4 Å². The third-order valence-electron chi connectivity index (χ3n) is 4.24. The van der Waals surface area contributed by atoms with Crippen LogP contribution in [-0.2, 0) is 17.8 Å². The van der Waals surface area contributed by atoms with Gasteiger partial charge in [-0.3, -0.25) is 9.48 Å². The second-order valence-electron chi connectivity index (χ2n) is 5.65. The number of carbonyl (C=O) groups excluding carboxylic acids is 1. The van der Waals surface area contributed by atoms with E-state index >= 15 is 0 Å². The molecule has 1 aromatic carbocycles. The molecule has 5 heteroatoms. The van der Waals surface area contributed by atoms with Crippen molar-refractivity contribution in [1.82, 2.24) is 15.1 Å². The number of hydrogen-bond donors (Lipinski definition) is 2. The van der Waals surface area contributed by atoms with Crippen molar-refractivity contribution in [1.29, 1.82) is 0 Å². The number of benzene rings is 1. The summed E-state index contributed by atoms with van der Waals surface area (Å²) >= 11 is 0. The van der Waals surface area contributed by atoms with Crippen LogP contribution in [0.5, 0.6) is 0 Å². The molecule has 0 spiro atoms. The molecular weight excluding hydrogens is 264 g/mol. The Balaban J connectivity index is 1.55. The summed E-state index contributed by atoms with van der Waals surface area (Å²) in [7, 11) is 0. The fourth-order valence-electron chi connectivity index (χ4n) is 2.84. The van der Waals surface area contributed by atoms with Crippen LogP contribution in [0.1, 0.15) is 28.4 Å². The van der Waals surface area contributed by atoms with Gasteiger partial charge in [0.2, 0.25) is 5.91 Å². The maximum Gasteiger partial charge on any atom is 0.241 e. The Morgan fingerprint density at radius 1 is 1.43 bits per heavy atom. The molecule has 3 N–H and O–H groups in total. The highest BCUT2D eigenvalue weighted by Gasteiger charge is 2.25. The zero-order valence-corrected chi connectivity index (χ0v) is 12.4. The van der Waals surface area contributed by atoms with Crippen molar-refractivity contribution in [2.45, 2.75) is 32.7 Å². The molecule has 0 fully saturated rings. The number of nitrogens with one attached hydrogen (secondary N) is 1. The summed E-state index contributed by atoms with van der Waals surface area (Å²) in [6.07, 6.45) is 1.04. The maximum absolute atomic E-state index is 12.0. The van der Waals surface area contributed by atoms with Crippen LogP contribution < -0.4 is 11.1 Å². The minimum Gasteiger partial charge on any atom is -0.396 e. The quantitative estimate of drug-likeness (QED) is 0.894. The first-order chi connectivity index (χ1) is 10.1. The van der Waals surface area contributed by atoms with Crippen LogP contribution in [0.4, 0.5) is 5.69 Å². The number of rotatable bonds is 4. The summed E-state index contributed by atoms with van der Waals surface area (Å²) in [5.74, 6) is 0.417. The number of nitrogens with zero attached hydrogens (tertiary/aromatic N) is 2. The number of hydrogen-bond acceptors (Lipinski definition) is 3. The van der Waals surface area contributed by atoms with Gasteiger partial charge in [-0.2, -0.15) is 5.10 Å². The van der Waals surface area contributed by atoms with Gasteiger partial charge < -0.3 is 11.1 Å². The van der Waals surface area contributed by atoms with Crippen LogP contribution in [0.2, 0.25) is 0 Å². The van der Waals surface area contributed by atoms with Crippen molar-refractivity contribution in [2.75, 3.05) is 12.3 Å². The molecule has 0 bridgehead atoms. The molecule has 1 amide bonds. The molecule has 1 aliphatic carbocycles. The predicted octanol–water partition coefficient (Wildman–Crippen LogP) is 1.54. The fraction of sp³-hybridized carbons (Fsp3) is 0.375. The number of amides is 1. The van der Waals surface area contributed by atoms with Crippen molar-refractivity contribution in [3.05, 3.63) is 46.8 Å². The van der Waals surface area contributed by atoms with Crippen molar-refractivity contribution in [2.24, 2.45) is 0 Å². The highest BCUT2D eigenvalue weighted by molar-refractivity contribution is 5.76. The molecule has 3 rings (SSSR count). The Morgan fingerprint density at radius 2 is 2.19 bits per heavy atom. The van der Waals surface area contributed by atoms with Crippen LogP contribution in [0, 0.1) is 13.8 Å². The molecule has 110 valence electrons.